The average molecular weight is 310 g/mol. The van der Waals surface area contributed by atoms with Gasteiger partial charge in [0.05, 0.1) is 0 Å². The van der Waals surface area contributed by atoms with E-state index in [1.165, 1.54) is 0 Å². The van der Waals surface area contributed by atoms with Gasteiger partial charge in [0.15, 0.2) is 10.4 Å². The predicted molar refractivity (Wildman–Crippen MR) is 66.8 cm³/mol. The standard InChI is InChI=1S/C10H13BrN2O2.ClH/c11-9-4-3-8(15-9)10(14)13-5-1-2-7(13)6-12;/h3-4,7H,1-2,5-6,12H2;1H. The van der Waals surface area contributed by atoms with Crippen molar-refractivity contribution < 1.29 is 9.21 Å². The second-order valence-electron chi connectivity index (χ2n) is 3.63. The Labute approximate surface area is 109 Å². The average Bonchev–Trinajstić information content (AvgIpc) is 2.84. The molecule has 1 amide bonds. The van der Waals surface area contributed by atoms with E-state index in [1.54, 1.807) is 17.0 Å². The molecule has 1 aromatic rings. The van der Waals surface area contributed by atoms with E-state index in [4.69, 9.17) is 10.2 Å². The lowest BCUT2D eigenvalue weighted by Gasteiger charge is -2.22. The molecule has 2 N–H and O–H groups in total. The predicted octanol–water partition coefficient (Wildman–Crippen LogP) is 2.03. The van der Waals surface area contributed by atoms with Gasteiger partial charge in [-0.1, -0.05) is 0 Å². The topological polar surface area (TPSA) is 59.5 Å². The normalized spacial score (nSPS) is 19.6. The first kappa shape index (κ1) is 13.5. The summed E-state index contributed by atoms with van der Waals surface area (Å²) in [4.78, 5) is 13.8. The quantitative estimate of drug-likeness (QED) is 0.909. The molecule has 0 saturated carbocycles. The van der Waals surface area contributed by atoms with Crippen LogP contribution in [0.25, 0.3) is 0 Å². The molecule has 0 aromatic carbocycles. The molecule has 0 bridgehead atoms. The summed E-state index contributed by atoms with van der Waals surface area (Å²) in [5, 5.41) is 0. The van der Waals surface area contributed by atoms with E-state index in [2.05, 4.69) is 15.9 Å². The highest BCUT2D eigenvalue weighted by atomic mass is 79.9. The fraction of sp³-hybridized carbons (Fsp3) is 0.500. The molecule has 1 aromatic heterocycles. The number of nitrogens with zero attached hydrogens (tertiary/aromatic N) is 1. The molecule has 4 nitrogen and oxygen atoms in total. The molecule has 6 heteroatoms. The molecule has 1 aliphatic rings. The van der Waals surface area contributed by atoms with Crippen molar-refractivity contribution >= 4 is 34.2 Å². The largest absolute Gasteiger partial charge is 0.444 e. The molecule has 0 radical (unpaired) electrons. The van der Waals surface area contributed by atoms with Crippen LogP contribution < -0.4 is 5.73 Å². The van der Waals surface area contributed by atoms with Gasteiger partial charge in [-0.25, -0.2) is 0 Å². The van der Waals surface area contributed by atoms with E-state index in [9.17, 15) is 4.79 Å². The van der Waals surface area contributed by atoms with Crippen molar-refractivity contribution in [2.75, 3.05) is 13.1 Å². The molecule has 1 unspecified atom stereocenters. The van der Waals surface area contributed by atoms with Crippen molar-refractivity contribution in [3.8, 4) is 0 Å². The van der Waals surface area contributed by atoms with Gasteiger partial charge in [-0.2, -0.15) is 0 Å². The van der Waals surface area contributed by atoms with Gasteiger partial charge in [0, 0.05) is 19.1 Å². The Morgan fingerprint density at radius 1 is 1.62 bits per heavy atom. The maximum Gasteiger partial charge on any atom is 0.289 e. The number of furan rings is 1. The summed E-state index contributed by atoms with van der Waals surface area (Å²) in [6.07, 6.45) is 2.01. The van der Waals surface area contributed by atoms with Crippen LogP contribution in [0, 0.1) is 0 Å². The van der Waals surface area contributed by atoms with Gasteiger partial charge in [0.1, 0.15) is 0 Å². The lowest BCUT2D eigenvalue weighted by Crippen LogP contribution is -2.39. The molecule has 1 atom stereocenters. The van der Waals surface area contributed by atoms with Gasteiger partial charge in [-0.3, -0.25) is 4.79 Å². The van der Waals surface area contributed by atoms with E-state index in [0.29, 0.717) is 17.0 Å². The van der Waals surface area contributed by atoms with Crippen molar-refractivity contribution in [3.63, 3.8) is 0 Å². The van der Waals surface area contributed by atoms with Crippen LogP contribution in [0.5, 0.6) is 0 Å². The first-order chi connectivity index (χ1) is 7.22. The second-order valence-corrected chi connectivity index (χ2v) is 4.42. The molecular formula is C10H14BrClN2O2. The first-order valence-corrected chi connectivity index (χ1v) is 5.78. The van der Waals surface area contributed by atoms with Crippen molar-refractivity contribution in [1.82, 2.24) is 4.90 Å². The fourth-order valence-electron chi connectivity index (χ4n) is 1.92. The summed E-state index contributed by atoms with van der Waals surface area (Å²) in [5.41, 5.74) is 5.61. The number of rotatable bonds is 2. The number of likely N-dealkylation sites (tertiary alicyclic amines) is 1. The maximum atomic E-state index is 12.0. The number of halogens is 2. The highest BCUT2D eigenvalue weighted by molar-refractivity contribution is 9.10. The number of carbonyl (C=O) groups excluding carboxylic acids is 1. The van der Waals surface area contributed by atoms with Crippen LogP contribution >= 0.6 is 28.3 Å². The Morgan fingerprint density at radius 3 is 2.94 bits per heavy atom. The minimum absolute atomic E-state index is 0. The molecular weight excluding hydrogens is 295 g/mol. The third-order valence-corrected chi connectivity index (χ3v) is 3.12. The molecule has 16 heavy (non-hydrogen) atoms. The molecule has 1 aliphatic heterocycles. The van der Waals surface area contributed by atoms with Crippen molar-refractivity contribution in [1.29, 1.82) is 0 Å². The number of hydrogen-bond acceptors (Lipinski definition) is 3. The lowest BCUT2D eigenvalue weighted by molar-refractivity contribution is 0.0707. The zero-order valence-corrected chi connectivity index (χ0v) is 11.1. The van der Waals surface area contributed by atoms with Crippen LogP contribution in [-0.4, -0.2) is 29.9 Å². The summed E-state index contributed by atoms with van der Waals surface area (Å²) >= 11 is 3.18. The zero-order chi connectivity index (χ0) is 10.8. The molecule has 1 saturated heterocycles. The van der Waals surface area contributed by atoms with Gasteiger partial charge in [-0.05, 0) is 40.9 Å². The summed E-state index contributed by atoms with van der Waals surface area (Å²) in [6.45, 7) is 1.30. The molecule has 0 aliphatic carbocycles. The molecule has 2 heterocycles. The van der Waals surface area contributed by atoms with E-state index < -0.39 is 0 Å². The summed E-state index contributed by atoms with van der Waals surface area (Å²) in [7, 11) is 0. The Morgan fingerprint density at radius 2 is 2.38 bits per heavy atom. The van der Waals surface area contributed by atoms with Crippen LogP contribution in [0.3, 0.4) is 0 Å². The second kappa shape index (κ2) is 5.70. The van der Waals surface area contributed by atoms with Crippen LogP contribution in [-0.2, 0) is 0 Å². The maximum absolute atomic E-state index is 12.0. The minimum atomic E-state index is -0.0614. The summed E-state index contributed by atoms with van der Waals surface area (Å²) in [6, 6.07) is 3.57. The lowest BCUT2D eigenvalue weighted by atomic mass is 10.2. The van der Waals surface area contributed by atoms with Crippen LogP contribution in [0.1, 0.15) is 23.4 Å². The third-order valence-electron chi connectivity index (χ3n) is 2.69. The molecule has 2 rings (SSSR count). The van der Waals surface area contributed by atoms with E-state index in [-0.39, 0.29) is 24.4 Å². The smallest absolute Gasteiger partial charge is 0.289 e. The Balaban J connectivity index is 0.00000128. The molecule has 90 valence electrons. The van der Waals surface area contributed by atoms with E-state index in [0.717, 1.165) is 19.4 Å². The number of amides is 1. The van der Waals surface area contributed by atoms with Gasteiger partial charge >= 0.3 is 0 Å². The summed E-state index contributed by atoms with van der Waals surface area (Å²) in [5.74, 6) is 0.316. The zero-order valence-electron chi connectivity index (χ0n) is 8.69. The Bertz CT molecular complexity index is 369. The number of carbonyl (C=O) groups is 1. The van der Waals surface area contributed by atoms with Gasteiger partial charge in [-0.15, -0.1) is 12.4 Å². The monoisotopic (exact) mass is 308 g/mol. The van der Waals surface area contributed by atoms with Gasteiger partial charge in [0.25, 0.3) is 5.91 Å². The van der Waals surface area contributed by atoms with Crippen LogP contribution in [0.2, 0.25) is 0 Å². The Hall–Kier alpha value is -0.520. The number of hydrogen-bond donors (Lipinski definition) is 1. The van der Waals surface area contributed by atoms with Gasteiger partial charge in [0.2, 0.25) is 0 Å². The number of nitrogens with two attached hydrogens (primary N) is 1. The van der Waals surface area contributed by atoms with Crippen molar-refractivity contribution in [2.24, 2.45) is 5.73 Å². The van der Waals surface area contributed by atoms with Crippen molar-refractivity contribution in [3.05, 3.63) is 22.6 Å². The molecule has 0 spiro atoms. The van der Waals surface area contributed by atoms with Crippen molar-refractivity contribution in [2.45, 2.75) is 18.9 Å². The Kier molecular flexibility index (Phi) is 4.83. The first-order valence-electron chi connectivity index (χ1n) is 4.98. The summed E-state index contributed by atoms with van der Waals surface area (Å²) < 4.78 is 5.81. The van der Waals surface area contributed by atoms with Crippen LogP contribution in [0.15, 0.2) is 21.2 Å². The highest BCUT2D eigenvalue weighted by Gasteiger charge is 2.29. The van der Waals surface area contributed by atoms with Crippen LogP contribution in [0.4, 0.5) is 0 Å². The van der Waals surface area contributed by atoms with E-state index in [1.807, 2.05) is 0 Å². The highest BCUT2D eigenvalue weighted by Crippen LogP contribution is 2.21. The third kappa shape index (κ3) is 2.59. The molecule has 1 fully saturated rings. The fourth-order valence-corrected chi connectivity index (χ4v) is 2.23. The van der Waals surface area contributed by atoms with Gasteiger partial charge < -0.3 is 15.1 Å². The minimum Gasteiger partial charge on any atom is -0.444 e. The van der Waals surface area contributed by atoms with E-state index >= 15 is 0 Å². The SMILES string of the molecule is Cl.NCC1CCCN1C(=O)c1ccc(Br)o1.